The van der Waals surface area contributed by atoms with E-state index < -0.39 is 0 Å². The van der Waals surface area contributed by atoms with E-state index in [0.717, 1.165) is 12.0 Å². The SMILES string of the molecule is Fc1cc(CNC2CC2)cc(OCCc2ccsc2)c1. The predicted molar refractivity (Wildman–Crippen MR) is 79.8 cm³/mol. The van der Waals surface area contributed by atoms with E-state index in [-0.39, 0.29) is 5.82 Å². The molecule has 0 unspecified atom stereocenters. The van der Waals surface area contributed by atoms with Gasteiger partial charge in [0, 0.05) is 25.1 Å². The Morgan fingerprint density at radius 3 is 2.90 bits per heavy atom. The van der Waals surface area contributed by atoms with Crippen LogP contribution in [0.5, 0.6) is 5.75 Å². The highest BCUT2D eigenvalue weighted by molar-refractivity contribution is 7.07. The summed E-state index contributed by atoms with van der Waals surface area (Å²) in [5.74, 6) is 0.387. The predicted octanol–water partition coefficient (Wildman–Crippen LogP) is 3.76. The lowest BCUT2D eigenvalue weighted by Crippen LogP contribution is -2.15. The van der Waals surface area contributed by atoms with E-state index in [4.69, 9.17) is 4.74 Å². The molecule has 4 heteroatoms. The summed E-state index contributed by atoms with van der Waals surface area (Å²) in [5, 5.41) is 7.55. The summed E-state index contributed by atoms with van der Waals surface area (Å²) < 4.78 is 19.2. The zero-order valence-electron chi connectivity index (χ0n) is 11.3. The van der Waals surface area contributed by atoms with Gasteiger partial charge >= 0.3 is 0 Å². The molecule has 0 saturated heterocycles. The fourth-order valence-corrected chi connectivity index (χ4v) is 2.78. The van der Waals surface area contributed by atoms with Gasteiger partial charge in [0.1, 0.15) is 11.6 Å². The maximum atomic E-state index is 13.6. The minimum absolute atomic E-state index is 0.231. The van der Waals surface area contributed by atoms with Crippen LogP contribution in [0.4, 0.5) is 4.39 Å². The first-order valence-corrected chi connectivity index (χ1v) is 7.90. The molecule has 0 bridgehead atoms. The van der Waals surface area contributed by atoms with Crippen LogP contribution in [0.1, 0.15) is 24.0 Å². The zero-order chi connectivity index (χ0) is 13.8. The summed E-state index contributed by atoms with van der Waals surface area (Å²) in [6, 6.07) is 7.66. The Hall–Kier alpha value is -1.39. The quantitative estimate of drug-likeness (QED) is 0.838. The monoisotopic (exact) mass is 291 g/mol. The summed E-state index contributed by atoms with van der Waals surface area (Å²) in [6.07, 6.45) is 3.33. The molecule has 0 spiro atoms. The molecule has 0 atom stereocenters. The van der Waals surface area contributed by atoms with Crippen molar-refractivity contribution in [2.75, 3.05) is 6.61 Å². The standard InChI is InChI=1S/C16H18FNOS/c17-14-7-13(10-18-15-1-2-15)8-16(9-14)19-5-3-12-4-6-20-11-12/h4,6-9,11,15,18H,1-3,5,10H2. The highest BCUT2D eigenvalue weighted by atomic mass is 32.1. The van der Waals surface area contributed by atoms with Gasteiger partial charge in [0.25, 0.3) is 0 Å². The van der Waals surface area contributed by atoms with Gasteiger partial charge < -0.3 is 10.1 Å². The number of hydrogen-bond donors (Lipinski definition) is 1. The summed E-state index contributed by atoms with van der Waals surface area (Å²) >= 11 is 1.68. The molecule has 1 heterocycles. The molecular weight excluding hydrogens is 273 g/mol. The number of rotatable bonds is 7. The number of hydrogen-bond acceptors (Lipinski definition) is 3. The molecule has 1 fully saturated rings. The Morgan fingerprint density at radius 1 is 1.25 bits per heavy atom. The van der Waals surface area contributed by atoms with Gasteiger partial charge in [-0.1, -0.05) is 0 Å². The first-order chi connectivity index (χ1) is 9.79. The first kappa shape index (κ1) is 13.6. The van der Waals surface area contributed by atoms with Crippen molar-refractivity contribution >= 4 is 11.3 Å². The molecule has 20 heavy (non-hydrogen) atoms. The lowest BCUT2D eigenvalue weighted by molar-refractivity contribution is 0.320. The Morgan fingerprint density at radius 2 is 2.15 bits per heavy atom. The highest BCUT2D eigenvalue weighted by Gasteiger charge is 2.20. The van der Waals surface area contributed by atoms with Gasteiger partial charge in [-0.15, -0.1) is 0 Å². The molecular formula is C16H18FNOS. The van der Waals surface area contributed by atoms with Crippen molar-refractivity contribution in [2.45, 2.75) is 31.8 Å². The second-order valence-corrected chi connectivity index (χ2v) is 5.96. The van der Waals surface area contributed by atoms with E-state index in [9.17, 15) is 4.39 Å². The van der Waals surface area contributed by atoms with Gasteiger partial charge in [0.2, 0.25) is 0 Å². The third kappa shape index (κ3) is 4.05. The van der Waals surface area contributed by atoms with Crippen LogP contribution < -0.4 is 10.1 Å². The van der Waals surface area contributed by atoms with E-state index >= 15 is 0 Å². The van der Waals surface area contributed by atoms with E-state index in [1.807, 2.05) is 6.07 Å². The lowest BCUT2D eigenvalue weighted by atomic mass is 10.2. The molecule has 1 aliphatic rings. The van der Waals surface area contributed by atoms with Crippen LogP contribution in [0.2, 0.25) is 0 Å². The van der Waals surface area contributed by atoms with Crippen molar-refractivity contribution in [3.8, 4) is 5.75 Å². The molecule has 1 saturated carbocycles. The summed E-state index contributed by atoms with van der Waals surface area (Å²) in [7, 11) is 0. The van der Waals surface area contributed by atoms with Gasteiger partial charge in [0.15, 0.2) is 0 Å². The molecule has 106 valence electrons. The van der Waals surface area contributed by atoms with E-state index in [0.29, 0.717) is 24.9 Å². The smallest absolute Gasteiger partial charge is 0.127 e. The van der Waals surface area contributed by atoms with Crippen molar-refractivity contribution in [3.63, 3.8) is 0 Å². The molecule has 1 aromatic carbocycles. The number of benzene rings is 1. The van der Waals surface area contributed by atoms with Gasteiger partial charge in [0.05, 0.1) is 6.61 Å². The minimum atomic E-state index is -0.231. The summed E-state index contributed by atoms with van der Waals surface area (Å²) in [6.45, 7) is 1.29. The molecule has 0 amide bonds. The number of ether oxygens (including phenoxy) is 1. The maximum absolute atomic E-state index is 13.6. The van der Waals surface area contributed by atoms with Gasteiger partial charge in [-0.05, 0) is 52.9 Å². The molecule has 1 aliphatic carbocycles. The lowest BCUT2D eigenvalue weighted by Gasteiger charge is -2.09. The number of halogens is 1. The Kier molecular flexibility index (Phi) is 4.33. The van der Waals surface area contributed by atoms with Crippen LogP contribution >= 0.6 is 11.3 Å². The Balaban J connectivity index is 1.54. The Bertz CT molecular complexity index is 552. The van der Waals surface area contributed by atoms with Crippen molar-refractivity contribution in [2.24, 2.45) is 0 Å². The fourth-order valence-electron chi connectivity index (χ4n) is 2.08. The van der Waals surface area contributed by atoms with E-state index in [1.165, 1.54) is 24.5 Å². The topological polar surface area (TPSA) is 21.3 Å². The number of thiophene rings is 1. The van der Waals surface area contributed by atoms with E-state index in [2.05, 4.69) is 22.1 Å². The van der Waals surface area contributed by atoms with Crippen molar-refractivity contribution in [1.82, 2.24) is 5.32 Å². The normalized spacial score (nSPS) is 14.4. The van der Waals surface area contributed by atoms with Crippen molar-refractivity contribution < 1.29 is 9.13 Å². The summed E-state index contributed by atoms with van der Waals surface area (Å²) in [4.78, 5) is 0. The average molecular weight is 291 g/mol. The molecule has 3 rings (SSSR count). The van der Waals surface area contributed by atoms with Gasteiger partial charge in [-0.25, -0.2) is 4.39 Å². The maximum Gasteiger partial charge on any atom is 0.127 e. The zero-order valence-corrected chi connectivity index (χ0v) is 12.1. The summed E-state index contributed by atoms with van der Waals surface area (Å²) in [5.41, 5.74) is 2.21. The second kappa shape index (κ2) is 6.37. The first-order valence-electron chi connectivity index (χ1n) is 6.96. The van der Waals surface area contributed by atoms with Crippen LogP contribution in [0.3, 0.4) is 0 Å². The Labute approximate surface area is 122 Å². The van der Waals surface area contributed by atoms with Crippen molar-refractivity contribution in [1.29, 1.82) is 0 Å². The molecule has 2 aromatic rings. The minimum Gasteiger partial charge on any atom is -0.493 e. The van der Waals surface area contributed by atoms with E-state index in [1.54, 1.807) is 17.4 Å². The highest BCUT2D eigenvalue weighted by Crippen LogP contribution is 2.21. The molecule has 1 N–H and O–H groups in total. The van der Waals surface area contributed by atoms with Crippen LogP contribution in [-0.4, -0.2) is 12.6 Å². The van der Waals surface area contributed by atoms with Crippen LogP contribution in [0.25, 0.3) is 0 Å². The molecule has 0 aliphatic heterocycles. The number of nitrogens with one attached hydrogen (secondary N) is 1. The van der Waals surface area contributed by atoms with Crippen LogP contribution in [-0.2, 0) is 13.0 Å². The molecule has 1 aromatic heterocycles. The fraction of sp³-hybridized carbons (Fsp3) is 0.375. The average Bonchev–Trinajstić information content (AvgIpc) is 3.12. The molecule has 0 radical (unpaired) electrons. The van der Waals surface area contributed by atoms with Gasteiger partial charge in [-0.3, -0.25) is 0 Å². The van der Waals surface area contributed by atoms with Crippen molar-refractivity contribution in [3.05, 3.63) is 52.0 Å². The largest absolute Gasteiger partial charge is 0.493 e. The second-order valence-electron chi connectivity index (χ2n) is 5.18. The van der Waals surface area contributed by atoms with Crippen LogP contribution in [0, 0.1) is 5.82 Å². The molecule has 2 nitrogen and oxygen atoms in total. The third-order valence-corrected chi connectivity index (χ3v) is 4.07. The third-order valence-electron chi connectivity index (χ3n) is 3.34. The van der Waals surface area contributed by atoms with Gasteiger partial charge in [-0.2, -0.15) is 11.3 Å². The van der Waals surface area contributed by atoms with Crippen LogP contribution in [0.15, 0.2) is 35.0 Å².